The lowest BCUT2D eigenvalue weighted by atomic mass is 10.0. The molecule has 1 aromatic carbocycles. The van der Waals surface area contributed by atoms with E-state index in [1.54, 1.807) is 0 Å². The molecule has 1 aromatic rings. The summed E-state index contributed by atoms with van der Waals surface area (Å²) in [7, 11) is -3.47. The van der Waals surface area contributed by atoms with E-state index in [1.165, 1.54) is 9.21 Å². The molecule has 6 nitrogen and oxygen atoms in total. The quantitative estimate of drug-likeness (QED) is 0.610. The van der Waals surface area contributed by atoms with E-state index in [2.05, 4.69) is 5.32 Å². The standard InChI is InChI=1S/C20H25ClF5N3O3S/c1-33(31,32)29-8-2-4-13(12-29)27-18(30)14-10-16(21)15(20(24,25)26)11-17(14)28-7-3-5-19(22,23)6-9-28/h10-11,13H,2-9,12H2,1H3,(H,27,30). The number of carbonyl (C=O) groups excluding carboxylic acids is 1. The number of anilines is 1. The fourth-order valence-electron chi connectivity index (χ4n) is 4.15. The summed E-state index contributed by atoms with van der Waals surface area (Å²) >= 11 is 5.85. The number of hydrogen-bond acceptors (Lipinski definition) is 4. The molecule has 1 amide bonds. The van der Waals surface area contributed by atoms with Crippen LogP contribution in [0.3, 0.4) is 0 Å². The number of benzene rings is 1. The third kappa shape index (κ3) is 6.48. The van der Waals surface area contributed by atoms with E-state index in [1.807, 2.05) is 0 Å². The topological polar surface area (TPSA) is 69.7 Å². The predicted molar refractivity (Wildman–Crippen MR) is 114 cm³/mol. The van der Waals surface area contributed by atoms with Gasteiger partial charge in [-0.3, -0.25) is 4.79 Å². The number of nitrogens with zero attached hydrogens (tertiary/aromatic N) is 2. The average Bonchev–Trinajstić information content (AvgIpc) is 2.87. The van der Waals surface area contributed by atoms with Crippen molar-refractivity contribution in [3.8, 4) is 0 Å². The Balaban J connectivity index is 1.93. The van der Waals surface area contributed by atoms with Crippen LogP contribution in [0.4, 0.5) is 27.6 Å². The number of nitrogens with one attached hydrogen (secondary N) is 1. The average molecular weight is 518 g/mol. The molecule has 2 aliphatic rings. The van der Waals surface area contributed by atoms with E-state index in [0.29, 0.717) is 19.4 Å². The smallest absolute Gasteiger partial charge is 0.371 e. The molecular weight excluding hydrogens is 493 g/mol. The van der Waals surface area contributed by atoms with Crippen molar-refractivity contribution in [1.29, 1.82) is 0 Å². The van der Waals surface area contributed by atoms with Crippen molar-refractivity contribution in [2.75, 3.05) is 37.3 Å². The molecule has 186 valence electrons. The van der Waals surface area contributed by atoms with Gasteiger partial charge in [0.25, 0.3) is 5.91 Å². The summed E-state index contributed by atoms with van der Waals surface area (Å²) in [5.41, 5.74) is -1.46. The van der Waals surface area contributed by atoms with Crippen LogP contribution in [0, 0.1) is 0 Å². The Morgan fingerprint density at radius 3 is 2.48 bits per heavy atom. The van der Waals surface area contributed by atoms with Crippen LogP contribution in [-0.2, 0) is 16.2 Å². The van der Waals surface area contributed by atoms with Gasteiger partial charge in [-0.1, -0.05) is 11.6 Å². The van der Waals surface area contributed by atoms with Gasteiger partial charge in [0.15, 0.2) is 0 Å². The highest BCUT2D eigenvalue weighted by atomic mass is 35.5. The molecule has 0 aliphatic carbocycles. The molecule has 2 saturated heterocycles. The molecule has 1 atom stereocenters. The van der Waals surface area contributed by atoms with Gasteiger partial charge in [0.05, 0.1) is 28.1 Å². The SMILES string of the molecule is CS(=O)(=O)N1CCCC(NC(=O)c2cc(Cl)c(C(F)(F)F)cc2N2CCCC(F)(F)CC2)C1. The number of hydrogen-bond donors (Lipinski definition) is 1. The van der Waals surface area contributed by atoms with Gasteiger partial charge in [-0.05, 0) is 31.4 Å². The van der Waals surface area contributed by atoms with Crippen molar-refractivity contribution in [2.24, 2.45) is 0 Å². The first kappa shape index (κ1) is 26.0. The second-order valence-corrected chi connectivity index (χ2v) is 10.9. The first-order chi connectivity index (χ1) is 15.2. The summed E-state index contributed by atoms with van der Waals surface area (Å²) in [6, 6.07) is 1.07. The Bertz CT molecular complexity index is 1000. The van der Waals surface area contributed by atoms with Crippen molar-refractivity contribution in [3.63, 3.8) is 0 Å². The van der Waals surface area contributed by atoms with Crippen LogP contribution >= 0.6 is 11.6 Å². The lowest BCUT2D eigenvalue weighted by Crippen LogP contribution is -2.49. The van der Waals surface area contributed by atoms with Gasteiger partial charge in [0, 0.05) is 45.1 Å². The van der Waals surface area contributed by atoms with E-state index < -0.39 is 57.5 Å². The summed E-state index contributed by atoms with van der Waals surface area (Å²) in [6.45, 7) is 0.173. The van der Waals surface area contributed by atoms with E-state index in [9.17, 15) is 35.2 Å². The Hall–Kier alpha value is -1.66. The lowest BCUT2D eigenvalue weighted by molar-refractivity contribution is -0.137. The van der Waals surface area contributed by atoms with E-state index in [4.69, 9.17) is 11.6 Å². The van der Waals surface area contributed by atoms with Crippen LogP contribution in [-0.4, -0.2) is 63.0 Å². The molecule has 3 rings (SSSR count). The molecule has 0 bridgehead atoms. The molecular formula is C20H25ClF5N3O3S. The molecule has 1 N–H and O–H groups in total. The minimum atomic E-state index is -4.80. The second-order valence-electron chi connectivity index (χ2n) is 8.48. The van der Waals surface area contributed by atoms with Crippen molar-refractivity contribution in [2.45, 2.75) is 50.2 Å². The molecule has 0 saturated carbocycles. The monoisotopic (exact) mass is 517 g/mol. The van der Waals surface area contributed by atoms with Crippen molar-refractivity contribution < 1.29 is 35.2 Å². The van der Waals surface area contributed by atoms with Crippen LogP contribution in [0.1, 0.15) is 48.0 Å². The molecule has 2 fully saturated rings. The van der Waals surface area contributed by atoms with Gasteiger partial charge < -0.3 is 10.2 Å². The molecule has 2 heterocycles. The highest BCUT2D eigenvalue weighted by Gasteiger charge is 2.37. The zero-order chi connectivity index (χ0) is 24.6. The number of rotatable bonds is 4. The van der Waals surface area contributed by atoms with E-state index in [-0.39, 0.29) is 37.3 Å². The highest BCUT2D eigenvalue weighted by molar-refractivity contribution is 7.88. The summed E-state index contributed by atoms with van der Waals surface area (Å²) in [5.74, 6) is -3.68. The van der Waals surface area contributed by atoms with Crippen molar-refractivity contribution >= 4 is 33.2 Å². The summed E-state index contributed by atoms with van der Waals surface area (Å²) < 4.78 is 93.0. The van der Waals surface area contributed by atoms with Crippen LogP contribution in [0.2, 0.25) is 5.02 Å². The number of halogens is 6. The third-order valence-electron chi connectivity index (χ3n) is 5.88. The maximum Gasteiger partial charge on any atom is 0.417 e. The Morgan fingerprint density at radius 2 is 1.85 bits per heavy atom. The van der Waals surface area contributed by atoms with Crippen LogP contribution in [0.15, 0.2) is 12.1 Å². The normalized spacial score (nSPS) is 22.6. The Kier molecular flexibility index (Phi) is 7.50. The van der Waals surface area contributed by atoms with E-state index in [0.717, 1.165) is 18.4 Å². The summed E-state index contributed by atoms with van der Waals surface area (Å²) in [6.07, 6.45) is -3.66. The summed E-state index contributed by atoms with van der Waals surface area (Å²) in [4.78, 5) is 14.4. The number of piperidine rings is 1. The van der Waals surface area contributed by atoms with Gasteiger partial charge in [-0.15, -0.1) is 0 Å². The molecule has 13 heteroatoms. The van der Waals surface area contributed by atoms with Crippen LogP contribution < -0.4 is 10.2 Å². The zero-order valence-corrected chi connectivity index (χ0v) is 19.5. The highest BCUT2D eigenvalue weighted by Crippen LogP contribution is 2.40. The summed E-state index contributed by atoms with van der Waals surface area (Å²) in [5, 5.41) is 1.99. The maximum absolute atomic E-state index is 13.8. The first-order valence-electron chi connectivity index (χ1n) is 10.5. The molecule has 2 aliphatic heterocycles. The molecule has 0 spiro atoms. The maximum atomic E-state index is 13.8. The van der Waals surface area contributed by atoms with Gasteiger partial charge in [-0.25, -0.2) is 21.5 Å². The third-order valence-corrected chi connectivity index (χ3v) is 7.46. The number of carbonyl (C=O) groups is 1. The molecule has 33 heavy (non-hydrogen) atoms. The second kappa shape index (κ2) is 9.53. The van der Waals surface area contributed by atoms with Gasteiger partial charge >= 0.3 is 6.18 Å². The Labute approximate surface area is 194 Å². The Morgan fingerprint density at radius 1 is 1.15 bits per heavy atom. The van der Waals surface area contributed by atoms with Crippen LogP contribution in [0.25, 0.3) is 0 Å². The molecule has 1 unspecified atom stereocenters. The first-order valence-corrected chi connectivity index (χ1v) is 12.7. The van der Waals surface area contributed by atoms with Crippen molar-refractivity contribution in [1.82, 2.24) is 9.62 Å². The van der Waals surface area contributed by atoms with Gasteiger partial charge in [0.1, 0.15) is 0 Å². The van der Waals surface area contributed by atoms with Crippen LogP contribution in [0.5, 0.6) is 0 Å². The fourth-order valence-corrected chi connectivity index (χ4v) is 5.33. The largest absolute Gasteiger partial charge is 0.417 e. The number of sulfonamides is 1. The lowest BCUT2D eigenvalue weighted by Gasteiger charge is -2.32. The van der Waals surface area contributed by atoms with E-state index >= 15 is 0 Å². The van der Waals surface area contributed by atoms with Gasteiger partial charge in [0.2, 0.25) is 15.9 Å². The van der Waals surface area contributed by atoms with Crippen molar-refractivity contribution in [3.05, 3.63) is 28.3 Å². The number of alkyl halides is 5. The number of amides is 1. The molecule has 0 radical (unpaired) electrons. The fraction of sp³-hybridized carbons (Fsp3) is 0.650. The minimum absolute atomic E-state index is 0.0320. The minimum Gasteiger partial charge on any atom is -0.371 e. The molecule has 0 aromatic heterocycles. The zero-order valence-electron chi connectivity index (χ0n) is 17.9. The van der Waals surface area contributed by atoms with Gasteiger partial charge in [-0.2, -0.15) is 13.2 Å². The predicted octanol–water partition coefficient (Wildman–Crippen LogP) is 4.14.